The lowest BCUT2D eigenvalue weighted by Gasteiger charge is -2.22. The third kappa shape index (κ3) is 3.57. The van der Waals surface area contributed by atoms with Crippen LogP contribution in [0.4, 0.5) is 0 Å². The van der Waals surface area contributed by atoms with Gasteiger partial charge in [-0.1, -0.05) is 30.3 Å². The van der Waals surface area contributed by atoms with Gasteiger partial charge in [-0.05, 0) is 37.7 Å². The second-order valence-corrected chi connectivity index (χ2v) is 5.65. The van der Waals surface area contributed by atoms with Gasteiger partial charge in [0.15, 0.2) is 0 Å². The predicted molar refractivity (Wildman–Crippen MR) is 77.7 cm³/mol. The number of rotatable bonds is 7. The smallest absolute Gasteiger partial charge is 0.229 e. The highest BCUT2D eigenvalue weighted by molar-refractivity contribution is 5.85. The first-order chi connectivity index (χ1) is 9.18. The summed E-state index contributed by atoms with van der Waals surface area (Å²) in [5.41, 5.74) is 6.86. The quantitative estimate of drug-likeness (QED) is 0.764. The minimum absolute atomic E-state index is 0.200. The molecule has 3 nitrogen and oxygen atoms in total. The van der Waals surface area contributed by atoms with Gasteiger partial charge in [0.1, 0.15) is 0 Å². The number of unbranched alkanes of at least 4 members (excludes halogenated alkanes) is 1. The van der Waals surface area contributed by atoms with Crippen molar-refractivity contribution in [3.63, 3.8) is 0 Å². The van der Waals surface area contributed by atoms with Crippen LogP contribution in [0.2, 0.25) is 0 Å². The van der Waals surface area contributed by atoms with Crippen molar-refractivity contribution in [1.82, 2.24) is 4.90 Å². The first-order valence-electron chi connectivity index (χ1n) is 7.17. The van der Waals surface area contributed by atoms with Gasteiger partial charge in [0.2, 0.25) is 5.91 Å². The van der Waals surface area contributed by atoms with E-state index in [2.05, 4.69) is 24.3 Å². The fourth-order valence-electron chi connectivity index (χ4n) is 2.49. The Bertz CT molecular complexity index is 412. The third-order valence-corrected chi connectivity index (χ3v) is 4.10. The number of hydrogen-bond acceptors (Lipinski definition) is 2. The molecule has 2 rings (SSSR count). The van der Waals surface area contributed by atoms with Crippen LogP contribution in [-0.2, 0) is 11.2 Å². The van der Waals surface area contributed by atoms with E-state index in [4.69, 9.17) is 5.73 Å². The SMILES string of the molecule is CN(CCCCc1ccccc1)C(=O)C1(CN)CC1. The fourth-order valence-corrected chi connectivity index (χ4v) is 2.49. The lowest BCUT2D eigenvalue weighted by Crippen LogP contribution is -2.38. The molecule has 1 saturated carbocycles. The summed E-state index contributed by atoms with van der Waals surface area (Å²) in [6.07, 6.45) is 5.20. The summed E-state index contributed by atoms with van der Waals surface area (Å²) in [4.78, 5) is 14.0. The molecule has 1 aromatic carbocycles. The number of aryl methyl sites for hydroxylation is 1. The maximum Gasteiger partial charge on any atom is 0.229 e. The third-order valence-electron chi connectivity index (χ3n) is 4.10. The number of hydrogen-bond donors (Lipinski definition) is 1. The molecule has 1 aliphatic carbocycles. The zero-order valence-electron chi connectivity index (χ0n) is 11.8. The molecule has 0 bridgehead atoms. The first kappa shape index (κ1) is 14.1. The average Bonchev–Trinajstić information content (AvgIpc) is 3.25. The molecule has 19 heavy (non-hydrogen) atoms. The van der Waals surface area contributed by atoms with E-state index in [-0.39, 0.29) is 11.3 Å². The maximum absolute atomic E-state index is 12.2. The van der Waals surface area contributed by atoms with E-state index in [9.17, 15) is 4.79 Å². The molecule has 1 aliphatic rings. The average molecular weight is 260 g/mol. The Kier molecular flexibility index (Phi) is 4.59. The minimum atomic E-state index is -0.200. The van der Waals surface area contributed by atoms with Gasteiger partial charge < -0.3 is 10.6 Å². The lowest BCUT2D eigenvalue weighted by molar-refractivity contribution is -0.135. The van der Waals surface area contributed by atoms with E-state index in [0.717, 1.165) is 38.6 Å². The van der Waals surface area contributed by atoms with Gasteiger partial charge >= 0.3 is 0 Å². The van der Waals surface area contributed by atoms with E-state index in [0.29, 0.717) is 6.54 Å². The molecule has 2 N–H and O–H groups in total. The van der Waals surface area contributed by atoms with Crippen LogP contribution >= 0.6 is 0 Å². The highest BCUT2D eigenvalue weighted by Gasteiger charge is 2.49. The molecule has 3 heteroatoms. The molecule has 104 valence electrons. The second kappa shape index (κ2) is 6.20. The van der Waals surface area contributed by atoms with Crippen molar-refractivity contribution in [2.24, 2.45) is 11.1 Å². The van der Waals surface area contributed by atoms with Crippen molar-refractivity contribution >= 4 is 5.91 Å². The fraction of sp³-hybridized carbons (Fsp3) is 0.562. The zero-order valence-corrected chi connectivity index (χ0v) is 11.8. The molecule has 0 unspecified atom stereocenters. The minimum Gasteiger partial charge on any atom is -0.345 e. The molecule has 0 spiro atoms. The van der Waals surface area contributed by atoms with Crippen LogP contribution in [0, 0.1) is 5.41 Å². The molecular weight excluding hydrogens is 236 g/mol. The molecule has 1 aromatic rings. The van der Waals surface area contributed by atoms with Gasteiger partial charge in [0.05, 0.1) is 5.41 Å². The molecule has 0 radical (unpaired) electrons. The van der Waals surface area contributed by atoms with Gasteiger partial charge in [0.25, 0.3) is 0 Å². The van der Waals surface area contributed by atoms with E-state index in [1.54, 1.807) is 0 Å². The van der Waals surface area contributed by atoms with Crippen LogP contribution in [-0.4, -0.2) is 30.9 Å². The topological polar surface area (TPSA) is 46.3 Å². The lowest BCUT2D eigenvalue weighted by atomic mass is 10.1. The number of carbonyl (C=O) groups is 1. The van der Waals surface area contributed by atoms with Crippen molar-refractivity contribution in [3.8, 4) is 0 Å². The van der Waals surface area contributed by atoms with Crippen LogP contribution < -0.4 is 5.73 Å². The van der Waals surface area contributed by atoms with Crippen LogP contribution in [0.5, 0.6) is 0 Å². The maximum atomic E-state index is 12.2. The summed E-state index contributed by atoms with van der Waals surface area (Å²) in [7, 11) is 1.90. The van der Waals surface area contributed by atoms with Crippen LogP contribution in [0.1, 0.15) is 31.2 Å². The molecule has 0 heterocycles. The van der Waals surface area contributed by atoms with Gasteiger partial charge in [0, 0.05) is 20.1 Å². The Labute approximate surface area is 115 Å². The van der Waals surface area contributed by atoms with E-state index < -0.39 is 0 Å². The Balaban J connectivity index is 1.67. The summed E-state index contributed by atoms with van der Waals surface area (Å²) in [6.45, 7) is 1.34. The number of benzene rings is 1. The van der Waals surface area contributed by atoms with E-state index >= 15 is 0 Å². The van der Waals surface area contributed by atoms with Crippen LogP contribution in [0.25, 0.3) is 0 Å². The van der Waals surface area contributed by atoms with E-state index in [1.165, 1.54) is 5.56 Å². The highest BCUT2D eigenvalue weighted by atomic mass is 16.2. The second-order valence-electron chi connectivity index (χ2n) is 5.65. The number of amides is 1. The van der Waals surface area contributed by atoms with Crippen molar-refractivity contribution in [2.75, 3.05) is 20.1 Å². The molecular formula is C16H24N2O. The van der Waals surface area contributed by atoms with Crippen molar-refractivity contribution in [2.45, 2.75) is 32.1 Å². The van der Waals surface area contributed by atoms with Crippen LogP contribution in [0.15, 0.2) is 30.3 Å². The normalized spacial score (nSPS) is 16.1. The van der Waals surface area contributed by atoms with Crippen molar-refractivity contribution < 1.29 is 4.79 Å². The summed E-state index contributed by atoms with van der Waals surface area (Å²) in [5, 5.41) is 0. The van der Waals surface area contributed by atoms with E-state index in [1.807, 2.05) is 18.0 Å². The summed E-state index contributed by atoms with van der Waals surface area (Å²) >= 11 is 0. The van der Waals surface area contributed by atoms with Gasteiger partial charge in [-0.25, -0.2) is 0 Å². The van der Waals surface area contributed by atoms with Gasteiger partial charge in [-0.2, -0.15) is 0 Å². The number of nitrogens with two attached hydrogens (primary N) is 1. The molecule has 0 aliphatic heterocycles. The molecule has 0 aromatic heterocycles. The number of carbonyl (C=O) groups excluding carboxylic acids is 1. The summed E-state index contributed by atoms with van der Waals surface area (Å²) < 4.78 is 0. The molecule has 0 atom stereocenters. The molecule has 1 fully saturated rings. The standard InChI is InChI=1S/C16H24N2O/c1-18(15(19)16(13-17)10-11-16)12-6-5-9-14-7-3-2-4-8-14/h2-4,7-8H,5-6,9-13,17H2,1H3. The molecule has 0 saturated heterocycles. The Morgan fingerprint density at radius 2 is 1.95 bits per heavy atom. The Morgan fingerprint density at radius 3 is 2.53 bits per heavy atom. The predicted octanol–water partition coefficient (Wildman–Crippen LogP) is 2.21. The zero-order chi connectivity index (χ0) is 13.7. The Morgan fingerprint density at radius 1 is 1.26 bits per heavy atom. The Hall–Kier alpha value is -1.35. The van der Waals surface area contributed by atoms with Gasteiger partial charge in [-0.15, -0.1) is 0 Å². The largest absolute Gasteiger partial charge is 0.345 e. The van der Waals surface area contributed by atoms with Crippen molar-refractivity contribution in [1.29, 1.82) is 0 Å². The number of nitrogens with zero attached hydrogens (tertiary/aromatic N) is 1. The first-order valence-corrected chi connectivity index (χ1v) is 7.17. The molecule has 1 amide bonds. The monoisotopic (exact) mass is 260 g/mol. The van der Waals surface area contributed by atoms with Gasteiger partial charge in [-0.3, -0.25) is 4.79 Å². The van der Waals surface area contributed by atoms with Crippen LogP contribution in [0.3, 0.4) is 0 Å². The summed E-state index contributed by atoms with van der Waals surface area (Å²) in [6, 6.07) is 10.5. The van der Waals surface area contributed by atoms with Crippen molar-refractivity contribution in [3.05, 3.63) is 35.9 Å². The summed E-state index contributed by atoms with van der Waals surface area (Å²) in [5.74, 6) is 0.245. The highest BCUT2D eigenvalue weighted by Crippen LogP contribution is 2.45.